The van der Waals surface area contributed by atoms with E-state index >= 15 is 0 Å². The monoisotopic (exact) mass is 1850 g/mol. The van der Waals surface area contributed by atoms with Gasteiger partial charge < -0.3 is 0 Å². The van der Waals surface area contributed by atoms with Crippen molar-refractivity contribution in [3.05, 3.63) is 395 Å². The summed E-state index contributed by atoms with van der Waals surface area (Å²) in [7, 11) is 8.61. The minimum atomic E-state index is -0.214. The Balaban J connectivity index is 0.000000121. The van der Waals surface area contributed by atoms with Gasteiger partial charge in [-0.3, -0.25) is 0 Å². The first-order chi connectivity index (χ1) is 67.4. The van der Waals surface area contributed by atoms with Crippen LogP contribution in [0.1, 0.15) is 151 Å². The zero-order valence-corrected chi connectivity index (χ0v) is 84.4. The van der Waals surface area contributed by atoms with Crippen molar-refractivity contribution in [3.63, 3.8) is 0 Å². The molecule has 8 nitrogen and oxygen atoms in total. The van der Waals surface area contributed by atoms with Crippen molar-refractivity contribution in [3.8, 4) is 73.0 Å². The van der Waals surface area contributed by atoms with Gasteiger partial charge in [0, 0.05) is 54.6 Å². The van der Waals surface area contributed by atoms with Gasteiger partial charge in [0.1, 0.15) is 57.9 Å². The summed E-state index contributed by atoms with van der Waals surface area (Å²) in [5.41, 5.74) is 38.9. The number of imidazole rings is 4. The van der Waals surface area contributed by atoms with E-state index in [9.17, 15) is 17.6 Å². The van der Waals surface area contributed by atoms with Gasteiger partial charge in [-0.1, -0.05) is 271 Å². The highest BCUT2D eigenvalue weighted by molar-refractivity contribution is 6.16. The van der Waals surface area contributed by atoms with Crippen LogP contribution in [0.5, 0.6) is 0 Å². The molecule has 0 unspecified atom stereocenters. The minimum Gasteiger partial charge on any atom is -0.232 e. The number of fused-ring (bicyclic) bond motifs is 21. The molecule has 0 atom stereocenters. The second-order valence-electron chi connectivity index (χ2n) is 41.0. The molecule has 702 valence electrons. The van der Waals surface area contributed by atoms with Crippen molar-refractivity contribution in [2.24, 2.45) is 51.9 Å². The molecule has 22 aromatic rings. The summed E-state index contributed by atoms with van der Waals surface area (Å²) in [5, 5.41) is 10.8. The largest absolute Gasteiger partial charge is 0.295 e. The van der Waals surface area contributed by atoms with Crippen molar-refractivity contribution in [1.82, 2.24) is 17.8 Å². The highest BCUT2D eigenvalue weighted by Gasteiger charge is 2.36. The number of nitrogens with zero attached hydrogens (tertiary/aromatic N) is 8. The molecule has 0 radical (unpaired) electrons. The molecule has 0 saturated carbocycles. The third kappa shape index (κ3) is 17.5. The Bertz CT molecular complexity index is 8480. The molecular formula is C128H126F4N8+4. The smallest absolute Gasteiger partial charge is 0.232 e. The molecule has 7 heterocycles. The van der Waals surface area contributed by atoms with E-state index < -0.39 is 0 Å². The van der Waals surface area contributed by atoms with Crippen LogP contribution in [0.4, 0.5) is 17.6 Å². The molecule has 12 heteroatoms. The van der Waals surface area contributed by atoms with Crippen LogP contribution in [-0.4, -0.2) is 17.8 Å². The van der Waals surface area contributed by atoms with Crippen molar-refractivity contribution < 1.29 is 35.8 Å². The van der Waals surface area contributed by atoms with Gasteiger partial charge in [-0.2, -0.15) is 17.8 Å². The number of para-hydroxylation sites is 5. The lowest BCUT2D eigenvalue weighted by molar-refractivity contribution is -0.643. The topological polar surface area (TPSA) is 33.7 Å². The van der Waals surface area contributed by atoms with Gasteiger partial charge in [0.2, 0.25) is 0 Å². The van der Waals surface area contributed by atoms with E-state index in [0.29, 0.717) is 35.5 Å². The Labute approximate surface area is 820 Å². The van der Waals surface area contributed by atoms with Crippen LogP contribution in [0.2, 0.25) is 0 Å². The molecule has 0 aliphatic rings. The van der Waals surface area contributed by atoms with Crippen LogP contribution >= 0.6 is 0 Å². The highest BCUT2D eigenvalue weighted by atomic mass is 19.1. The van der Waals surface area contributed by atoms with Crippen LogP contribution < -0.4 is 18.3 Å². The standard InChI is InChI=1S/2C37H38FN2.C33H34FN2.C21H16FN2/c1-23(2)19-28-10-8-11-29(20-24(3)4)36(28)34-22-39(6)37-35-25(5)9-7-12-31(35)32-21-27(15-18-33(32)40(34)37)26-13-16-30(38)17-14-26;1-23(2)18-28-20-27(26-14-16-30(38)17-15-26)21-29(19-24(3)4)36(28)34-22-39(6)37-35-25(5)10-9-12-32(35)31-11-7-8-13-33(31)40(34)37;1-21(2)28-19-25(24-15-17-26(34)18-16-24)20-29(22(3)4)32(28)36-31-14-10-9-13-30(31)35(6)33(36)27-12-8-7-11-23(27)5;1-13-6-5-7-15-16-12-14(22)10-11-17(16)24-19-9-4-3-8-18(19)23(2)21(24)20(13)15/h7-18,21-24H,19-20H2,1-6H3;7-17,20-24H,18-19H2,1-6H3;7-22H,1-6H3;3-12H,1-2H3/q4*+1. The Morgan fingerprint density at radius 2 is 0.629 bits per heavy atom. The number of rotatable bonds is 17. The molecule has 0 spiro atoms. The number of aryl methyl sites for hydroxylation is 8. The van der Waals surface area contributed by atoms with Crippen molar-refractivity contribution in [1.29, 1.82) is 0 Å². The fourth-order valence-electron chi connectivity index (χ4n) is 22.2. The Kier molecular flexibility index (Phi) is 26.0. The van der Waals surface area contributed by atoms with E-state index in [4.69, 9.17) is 0 Å². The van der Waals surface area contributed by atoms with Crippen molar-refractivity contribution in [2.45, 2.75) is 148 Å². The van der Waals surface area contributed by atoms with E-state index in [-0.39, 0.29) is 23.3 Å². The normalized spacial score (nSPS) is 11.9. The fourth-order valence-corrected chi connectivity index (χ4v) is 22.2. The number of benzene rings is 15. The lowest BCUT2D eigenvalue weighted by Crippen LogP contribution is -2.30. The van der Waals surface area contributed by atoms with E-state index in [2.05, 4.69) is 388 Å². The molecule has 0 fully saturated rings. The number of hydrogen-bond acceptors (Lipinski definition) is 0. The van der Waals surface area contributed by atoms with Gasteiger partial charge in [-0.25, -0.2) is 35.8 Å². The molecule has 0 amide bonds. The Hall–Kier alpha value is -14.6. The first kappa shape index (κ1) is 94.4. The van der Waals surface area contributed by atoms with E-state index in [1.165, 1.54) is 190 Å². The first-order valence-corrected chi connectivity index (χ1v) is 49.8. The van der Waals surface area contributed by atoms with Gasteiger partial charge in [0.25, 0.3) is 22.8 Å². The number of hydrogen-bond donors (Lipinski definition) is 0. The summed E-state index contributed by atoms with van der Waals surface area (Å²) in [4.78, 5) is 0. The van der Waals surface area contributed by atoms with Crippen molar-refractivity contribution >= 4 is 104 Å². The molecule has 0 N–H and O–H groups in total. The number of halogens is 4. The molecule has 0 aliphatic heterocycles. The fraction of sp³-hybridized carbons (Fsp3) is 0.234. The van der Waals surface area contributed by atoms with Crippen LogP contribution in [0.15, 0.2) is 316 Å². The molecule has 7 aromatic heterocycles. The lowest BCUT2D eigenvalue weighted by Gasteiger charge is -2.21. The summed E-state index contributed by atoms with van der Waals surface area (Å²) in [5.74, 6) is 3.06. The summed E-state index contributed by atoms with van der Waals surface area (Å²) >= 11 is 0. The summed E-state index contributed by atoms with van der Waals surface area (Å²) < 4.78 is 74.0. The summed E-state index contributed by atoms with van der Waals surface area (Å²) in [6.45, 7) is 36.1. The molecular weight excluding hydrogens is 1730 g/mol. The minimum absolute atomic E-state index is 0.202. The van der Waals surface area contributed by atoms with E-state index in [0.717, 1.165) is 86.5 Å². The molecule has 140 heavy (non-hydrogen) atoms. The predicted octanol–water partition coefficient (Wildman–Crippen LogP) is 31.7. The van der Waals surface area contributed by atoms with Gasteiger partial charge >= 0.3 is 0 Å². The van der Waals surface area contributed by atoms with Crippen LogP contribution in [0.25, 0.3) is 177 Å². The quantitative estimate of drug-likeness (QED) is 0.0495. The van der Waals surface area contributed by atoms with Crippen molar-refractivity contribution in [2.75, 3.05) is 0 Å². The SMILES string of the molecule is Cc1cccc2c3cc(-c4ccc(F)cc4)ccc3n3c(-c4c(CC(C)C)cccc4CC(C)C)c[n+](C)c3c12.Cc1cccc2c3cc(F)ccc3n3c4ccccc4[n+](C)c3c12.Cc1cccc2c3ccccc3n3c(-c4c(CC(C)C)cc(-c5ccc(F)cc5)cc4CC(C)C)c[n+](C)c3c12.Cc1ccccc1-c1n(-c2c(C(C)C)cc(-c3ccc(F)cc3)cc2C(C)C)c2ccccc2[n+]1C. The lowest BCUT2D eigenvalue weighted by atomic mass is 9.86. The summed E-state index contributed by atoms with van der Waals surface area (Å²) in [6.07, 6.45) is 8.68. The Morgan fingerprint density at radius 1 is 0.271 bits per heavy atom. The average molecular weight is 1850 g/mol. The van der Waals surface area contributed by atoms with Gasteiger partial charge in [-0.15, -0.1) is 0 Å². The predicted molar refractivity (Wildman–Crippen MR) is 576 cm³/mol. The number of aromatic nitrogens is 8. The Morgan fingerprint density at radius 3 is 1.12 bits per heavy atom. The second-order valence-corrected chi connectivity index (χ2v) is 41.0. The maximum absolute atomic E-state index is 14.0. The molecule has 0 bridgehead atoms. The van der Waals surface area contributed by atoms with E-state index in [1.54, 1.807) is 30.3 Å². The molecule has 0 aliphatic carbocycles. The van der Waals surface area contributed by atoms with Gasteiger partial charge in [-0.05, 0) is 282 Å². The third-order valence-electron chi connectivity index (χ3n) is 28.3. The zero-order chi connectivity index (χ0) is 98.2. The van der Waals surface area contributed by atoms with Crippen LogP contribution in [-0.2, 0) is 53.9 Å². The zero-order valence-electron chi connectivity index (χ0n) is 84.4. The van der Waals surface area contributed by atoms with Gasteiger partial charge in [0.05, 0.1) is 49.9 Å². The highest BCUT2D eigenvalue weighted by Crippen LogP contribution is 2.46. The third-order valence-corrected chi connectivity index (χ3v) is 28.3. The molecule has 22 rings (SSSR count). The van der Waals surface area contributed by atoms with E-state index in [1.807, 2.05) is 54.6 Å². The maximum atomic E-state index is 14.0. The molecule has 0 saturated heterocycles. The molecule has 15 aromatic carbocycles. The summed E-state index contributed by atoms with van der Waals surface area (Å²) in [6, 6.07) is 102. The van der Waals surface area contributed by atoms with Gasteiger partial charge in [0.15, 0.2) is 33.5 Å². The average Bonchev–Trinajstić information content (AvgIpc) is 1.49. The van der Waals surface area contributed by atoms with Crippen LogP contribution in [0, 0.1) is 74.6 Å². The first-order valence-electron chi connectivity index (χ1n) is 49.8. The van der Waals surface area contributed by atoms with Crippen LogP contribution in [0.3, 0.4) is 0 Å². The number of pyridine rings is 3. The second kappa shape index (κ2) is 38.6. The maximum Gasteiger partial charge on any atom is 0.295 e.